The molecule has 0 bridgehead atoms. The molecule has 7 nitrogen and oxygen atoms in total. The van der Waals surface area contributed by atoms with Crippen molar-refractivity contribution in [2.45, 2.75) is 12.8 Å². The van der Waals surface area contributed by atoms with Gasteiger partial charge in [0, 0.05) is 6.54 Å². The standard InChI is InChI=1S/C17H27N3O4/c1-20(2)9-5-8-18-17(22)12-19-16(21)11-13-6-7-14(23-3)15(10-13)24-4/h6-7,10H,5,8-9,11-12H2,1-4H3,(H,18,22)(H,19,21). The van der Waals surface area contributed by atoms with Gasteiger partial charge in [0.25, 0.3) is 0 Å². The zero-order valence-corrected chi connectivity index (χ0v) is 14.8. The van der Waals surface area contributed by atoms with Crippen LogP contribution in [0.2, 0.25) is 0 Å². The summed E-state index contributed by atoms with van der Waals surface area (Å²) in [6, 6.07) is 5.29. The number of benzene rings is 1. The van der Waals surface area contributed by atoms with Crippen LogP contribution in [0.25, 0.3) is 0 Å². The monoisotopic (exact) mass is 337 g/mol. The van der Waals surface area contributed by atoms with Crippen molar-refractivity contribution in [2.75, 3.05) is 47.9 Å². The van der Waals surface area contributed by atoms with Gasteiger partial charge in [0.15, 0.2) is 11.5 Å². The van der Waals surface area contributed by atoms with E-state index in [9.17, 15) is 9.59 Å². The van der Waals surface area contributed by atoms with Gasteiger partial charge < -0.3 is 25.0 Å². The number of methoxy groups -OCH3 is 2. The van der Waals surface area contributed by atoms with E-state index in [4.69, 9.17) is 9.47 Å². The van der Waals surface area contributed by atoms with Gasteiger partial charge in [-0.3, -0.25) is 9.59 Å². The normalized spacial score (nSPS) is 10.4. The number of rotatable bonds is 10. The lowest BCUT2D eigenvalue weighted by Crippen LogP contribution is -2.38. The van der Waals surface area contributed by atoms with Gasteiger partial charge in [0.05, 0.1) is 27.2 Å². The maximum absolute atomic E-state index is 11.9. The number of hydrogen-bond acceptors (Lipinski definition) is 5. The highest BCUT2D eigenvalue weighted by molar-refractivity contribution is 5.85. The molecular formula is C17H27N3O4. The van der Waals surface area contributed by atoms with Crippen molar-refractivity contribution in [2.24, 2.45) is 0 Å². The molecule has 24 heavy (non-hydrogen) atoms. The number of hydrogen-bond donors (Lipinski definition) is 2. The molecule has 0 aliphatic carbocycles. The fraction of sp³-hybridized carbons (Fsp3) is 0.529. The summed E-state index contributed by atoms with van der Waals surface area (Å²) in [6.45, 7) is 1.49. The molecule has 1 aromatic carbocycles. The van der Waals surface area contributed by atoms with E-state index in [2.05, 4.69) is 15.5 Å². The first-order valence-electron chi connectivity index (χ1n) is 7.85. The van der Waals surface area contributed by atoms with Crippen molar-refractivity contribution < 1.29 is 19.1 Å². The summed E-state index contributed by atoms with van der Waals surface area (Å²) in [5, 5.41) is 5.39. The lowest BCUT2D eigenvalue weighted by atomic mass is 10.1. The summed E-state index contributed by atoms with van der Waals surface area (Å²) in [4.78, 5) is 25.6. The summed E-state index contributed by atoms with van der Waals surface area (Å²) >= 11 is 0. The summed E-state index contributed by atoms with van der Waals surface area (Å²) in [7, 11) is 7.07. The van der Waals surface area contributed by atoms with Crippen LogP contribution in [0.4, 0.5) is 0 Å². The topological polar surface area (TPSA) is 79.9 Å². The Kier molecular flexibility index (Phi) is 8.64. The van der Waals surface area contributed by atoms with Gasteiger partial charge in [0.2, 0.25) is 11.8 Å². The molecule has 0 spiro atoms. The molecule has 0 aliphatic heterocycles. The van der Waals surface area contributed by atoms with Gasteiger partial charge in [0.1, 0.15) is 0 Å². The highest BCUT2D eigenvalue weighted by Crippen LogP contribution is 2.27. The van der Waals surface area contributed by atoms with Crippen molar-refractivity contribution in [1.29, 1.82) is 0 Å². The van der Waals surface area contributed by atoms with Crippen LogP contribution >= 0.6 is 0 Å². The predicted molar refractivity (Wildman–Crippen MR) is 92.4 cm³/mol. The van der Waals surface area contributed by atoms with E-state index in [1.54, 1.807) is 32.4 Å². The molecule has 0 fully saturated rings. The molecule has 0 atom stereocenters. The molecule has 7 heteroatoms. The predicted octanol–water partition coefficient (Wildman–Crippen LogP) is 0.430. The van der Waals surface area contributed by atoms with Crippen LogP contribution in [0.5, 0.6) is 11.5 Å². The van der Waals surface area contributed by atoms with Crippen LogP contribution in [-0.4, -0.2) is 64.7 Å². The smallest absolute Gasteiger partial charge is 0.239 e. The average molecular weight is 337 g/mol. The third kappa shape index (κ3) is 7.32. The minimum absolute atomic E-state index is 0.0198. The highest BCUT2D eigenvalue weighted by atomic mass is 16.5. The molecular weight excluding hydrogens is 310 g/mol. The molecule has 0 aromatic heterocycles. The van der Waals surface area contributed by atoms with Gasteiger partial charge in [-0.15, -0.1) is 0 Å². The van der Waals surface area contributed by atoms with Gasteiger partial charge in [-0.25, -0.2) is 0 Å². The molecule has 0 saturated carbocycles. The van der Waals surface area contributed by atoms with E-state index in [0.29, 0.717) is 18.0 Å². The molecule has 0 heterocycles. The first-order valence-corrected chi connectivity index (χ1v) is 7.85. The van der Waals surface area contributed by atoms with E-state index in [1.165, 1.54) is 0 Å². The van der Waals surface area contributed by atoms with Gasteiger partial charge in [-0.2, -0.15) is 0 Å². The third-order valence-corrected chi connectivity index (χ3v) is 3.36. The van der Waals surface area contributed by atoms with Crippen molar-refractivity contribution in [3.63, 3.8) is 0 Å². The Bertz CT molecular complexity index is 547. The number of amides is 2. The number of carbonyl (C=O) groups excluding carboxylic acids is 2. The second kappa shape index (κ2) is 10.5. The fourth-order valence-corrected chi connectivity index (χ4v) is 2.10. The van der Waals surface area contributed by atoms with Crippen molar-refractivity contribution in [3.05, 3.63) is 23.8 Å². The maximum Gasteiger partial charge on any atom is 0.239 e. The molecule has 1 aromatic rings. The van der Waals surface area contributed by atoms with E-state index in [1.807, 2.05) is 14.1 Å². The molecule has 0 aliphatic rings. The van der Waals surface area contributed by atoms with Crippen LogP contribution < -0.4 is 20.1 Å². The zero-order valence-electron chi connectivity index (χ0n) is 14.8. The molecule has 134 valence electrons. The first kappa shape index (κ1) is 19.8. The second-order valence-electron chi connectivity index (χ2n) is 5.65. The Balaban J connectivity index is 2.34. The van der Waals surface area contributed by atoms with E-state index < -0.39 is 0 Å². The first-order chi connectivity index (χ1) is 11.5. The Morgan fingerprint density at radius 2 is 1.75 bits per heavy atom. The molecule has 2 amide bonds. The van der Waals surface area contributed by atoms with Crippen molar-refractivity contribution in [3.8, 4) is 11.5 Å². The number of carbonyl (C=O) groups is 2. The fourth-order valence-electron chi connectivity index (χ4n) is 2.10. The highest BCUT2D eigenvalue weighted by Gasteiger charge is 2.09. The largest absolute Gasteiger partial charge is 0.493 e. The molecule has 0 saturated heterocycles. The number of nitrogens with one attached hydrogen (secondary N) is 2. The maximum atomic E-state index is 11.9. The van der Waals surface area contributed by atoms with Gasteiger partial charge in [-0.05, 0) is 44.8 Å². The Morgan fingerprint density at radius 3 is 2.38 bits per heavy atom. The quantitative estimate of drug-likeness (QED) is 0.605. The van der Waals surface area contributed by atoms with E-state index >= 15 is 0 Å². The Morgan fingerprint density at radius 1 is 1.04 bits per heavy atom. The second-order valence-corrected chi connectivity index (χ2v) is 5.65. The minimum Gasteiger partial charge on any atom is -0.493 e. The molecule has 0 radical (unpaired) electrons. The molecule has 1 rings (SSSR count). The van der Waals surface area contributed by atoms with Gasteiger partial charge in [-0.1, -0.05) is 6.07 Å². The minimum atomic E-state index is -0.217. The van der Waals surface area contributed by atoms with Crippen molar-refractivity contribution >= 4 is 11.8 Å². The lowest BCUT2D eigenvalue weighted by Gasteiger charge is -2.11. The number of ether oxygens (including phenoxy) is 2. The number of nitrogens with zero attached hydrogens (tertiary/aromatic N) is 1. The van der Waals surface area contributed by atoms with Crippen molar-refractivity contribution in [1.82, 2.24) is 15.5 Å². The average Bonchev–Trinajstić information content (AvgIpc) is 2.56. The van der Waals surface area contributed by atoms with Crippen LogP contribution in [0.15, 0.2) is 18.2 Å². The van der Waals surface area contributed by atoms with Gasteiger partial charge >= 0.3 is 0 Å². The lowest BCUT2D eigenvalue weighted by molar-refractivity contribution is -0.125. The van der Waals surface area contributed by atoms with Crippen LogP contribution in [0.1, 0.15) is 12.0 Å². The summed E-state index contributed by atoms with van der Waals surface area (Å²) in [5.41, 5.74) is 0.788. The zero-order chi connectivity index (χ0) is 17.9. The van der Waals surface area contributed by atoms with Crippen LogP contribution in [0, 0.1) is 0 Å². The molecule has 0 unspecified atom stereocenters. The molecule has 2 N–H and O–H groups in total. The van der Waals surface area contributed by atoms with E-state index in [-0.39, 0.29) is 24.8 Å². The summed E-state index contributed by atoms with van der Waals surface area (Å²) in [6.07, 6.45) is 1.05. The van der Waals surface area contributed by atoms with Crippen LogP contribution in [0.3, 0.4) is 0 Å². The SMILES string of the molecule is COc1ccc(CC(=O)NCC(=O)NCCCN(C)C)cc1OC. The third-order valence-electron chi connectivity index (χ3n) is 3.36. The summed E-state index contributed by atoms with van der Waals surface area (Å²) in [5.74, 6) is 0.778. The Labute approximate surface area is 143 Å². The summed E-state index contributed by atoms with van der Waals surface area (Å²) < 4.78 is 10.4. The Hall–Kier alpha value is -2.28. The van der Waals surface area contributed by atoms with Crippen LogP contribution in [-0.2, 0) is 16.0 Å². The van der Waals surface area contributed by atoms with E-state index in [0.717, 1.165) is 18.5 Å².